The standard InChI is InChI=1S/C60H104O6/c1-4-7-10-13-16-19-22-25-28-29-30-31-33-35-38-41-44-47-50-53-59(62)65-56-57(55-64-58(61)52-49-46-43-40-37-34-27-24-21-18-15-12-9-6-3)66-60(63)54-51-48-45-42-39-36-32-26-23-20-17-14-11-8-5-2/h7,10,15-16,18-19,24-25,27-28,30-31,57H,4-6,8-9,11-14,17,20-23,26,29,32-56H2,1-3H3/b10-7-,18-15-,19-16-,27-24-,28-25-,31-30-. The molecule has 0 amide bonds. The lowest BCUT2D eigenvalue weighted by Gasteiger charge is -2.18. The summed E-state index contributed by atoms with van der Waals surface area (Å²) in [5, 5.41) is 0. The predicted octanol–water partition coefficient (Wildman–Crippen LogP) is 18.6. The summed E-state index contributed by atoms with van der Waals surface area (Å²) in [4.78, 5) is 38.1. The lowest BCUT2D eigenvalue weighted by atomic mass is 10.0. The number of unbranched alkanes of at least 4 members (excludes halogenated alkanes) is 27. The molecule has 380 valence electrons. The Hall–Kier alpha value is -3.15. The SMILES string of the molecule is CC/C=C\C/C=C\C/C=C\C/C=C\CCCCCCCCC(=O)OCC(COC(=O)CCCCCCC/C=C\C/C=C\CCCC)OC(=O)CCCCCCCCCCCCCCCCC. The Labute approximate surface area is 408 Å². The van der Waals surface area contributed by atoms with Crippen LogP contribution >= 0.6 is 0 Å². The number of carbonyl (C=O) groups is 3. The van der Waals surface area contributed by atoms with Crippen molar-refractivity contribution in [3.63, 3.8) is 0 Å². The van der Waals surface area contributed by atoms with Crippen LogP contribution in [0.1, 0.15) is 271 Å². The van der Waals surface area contributed by atoms with Crippen molar-refractivity contribution in [2.24, 2.45) is 0 Å². The number of rotatable bonds is 50. The smallest absolute Gasteiger partial charge is 0.306 e. The molecular formula is C60H104O6. The molecular weight excluding hydrogens is 817 g/mol. The third-order valence-electron chi connectivity index (χ3n) is 11.9. The molecule has 0 aromatic carbocycles. The Morgan fingerprint density at radius 2 is 0.606 bits per heavy atom. The highest BCUT2D eigenvalue weighted by Crippen LogP contribution is 2.16. The van der Waals surface area contributed by atoms with Gasteiger partial charge in [-0.3, -0.25) is 14.4 Å². The van der Waals surface area contributed by atoms with Gasteiger partial charge in [-0.25, -0.2) is 0 Å². The minimum Gasteiger partial charge on any atom is -0.462 e. The van der Waals surface area contributed by atoms with Crippen LogP contribution in [0, 0.1) is 0 Å². The number of carbonyl (C=O) groups excluding carboxylic acids is 3. The van der Waals surface area contributed by atoms with Gasteiger partial charge >= 0.3 is 17.9 Å². The highest BCUT2D eigenvalue weighted by Gasteiger charge is 2.19. The summed E-state index contributed by atoms with van der Waals surface area (Å²) in [5.74, 6) is -0.904. The molecule has 0 heterocycles. The van der Waals surface area contributed by atoms with Gasteiger partial charge in [-0.2, -0.15) is 0 Å². The molecule has 0 aliphatic heterocycles. The molecule has 0 spiro atoms. The molecule has 0 saturated carbocycles. The second kappa shape index (κ2) is 54.5. The van der Waals surface area contributed by atoms with E-state index in [1.165, 1.54) is 122 Å². The fraction of sp³-hybridized carbons (Fsp3) is 0.750. The molecule has 0 aliphatic carbocycles. The zero-order valence-electron chi connectivity index (χ0n) is 43.4. The zero-order chi connectivity index (χ0) is 47.9. The van der Waals surface area contributed by atoms with Gasteiger partial charge in [0.05, 0.1) is 0 Å². The van der Waals surface area contributed by atoms with Crippen LogP contribution in [0.15, 0.2) is 72.9 Å². The van der Waals surface area contributed by atoms with Gasteiger partial charge in [0.2, 0.25) is 0 Å². The van der Waals surface area contributed by atoms with E-state index in [-0.39, 0.29) is 31.1 Å². The summed E-state index contributed by atoms with van der Waals surface area (Å²) in [6.07, 6.45) is 68.8. The van der Waals surface area contributed by atoms with E-state index in [0.717, 1.165) is 109 Å². The van der Waals surface area contributed by atoms with Crippen LogP contribution in [0.3, 0.4) is 0 Å². The number of ether oxygens (including phenoxy) is 3. The molecule has 0 radical (unpaired) electrons. The summed E-state index contributed by atoms with van der Waals surface area (Å²) in [6, 6.07) is 0. The van der Waals surface area contributed by atoms with Crippen molar-refractivity contribution in [3.8, 4) is 0 Å². The molecule has 0 N–H and O–H groups in total. The Kier molecular flexibility index (Phi) is 51.9. The molecule has 66 heavy (non-hydrogen) atoms. The fourth-order valence-electron chi connectivity index (χ4n) is 7.74. The van der Waals surface area contributed by atoms with Gasteiger partial charge < -0.3 is 14.2 Å². The third-order valence-corrected chi connectivity index (χ3v) is 11.9. The Bertz CT molecular complexity index is 1240. The van der Waals surface area contributed by atoms with Crippen LogP contribution < -0.4 is 0 Å². The molecule has 0 saturated heterocycles. The lowest BCUT2D eigenvalue weighted by Crippen LogP contribution is -2.30. The quantitative estimate of drug-likeness (QED) is 0.0262. The van der Waals surface area contributed by atoms with Crippen molar-refractivity contribution < 1.29 is 28.6 Å². The van der Waals surface area contributed by atoms with E-state index in [9.17, 15) is 14.4 Å². The van der Waals surface area contributed by atoms with Crippen LogP contribution in [-0.2, 0) is 28.6 Å². The van der Waals surface area contributed by atoms with E-state index >= 15 is 0 Å². The highest BCUT2D eigenvalue weighted by atomic mass is 16.6. The maximum absolute atomic E-state index is 12.8. The van der Waals surface area contributed by atoms with Crippen molar-refractivity contribution >= 4 is 17.9 Å². The van der Waals surface area contributed by atoms with E-state index in [4.69, 9.17) is 14.2 Å². The lowest BCUT2D eigenvalue weighted by molar-refractivity contribution is -0.167. The molecule has 1 atom stereocenters. The van der Waals surface area contributed by atoms with Gasteiger partial charge in [0.1, 0.15) is 13.2 Å². The van der Waals surface area contributed by atoms with Gasteiger partial charge in [-0.1, -0.05) is 241 Å². The Morgan fingerprint density at radius 3 is 0.970 bits per heavy atom. The van der Waals surface area contributed by atoms with E-state index in [2.05, 4.69) is 93.7 Å². The van der Waals surface area contributed by atoms with Gasteiger partial charge in [0.25, 0.3) is 0 Å². The first-order valence-electron chi connectivity index (χ1n) is 27.9. The fourth-order valence-corrected chi connectivity index (χ4v) is 7.74. The second-order valence-corrected chi connectivity index (χ2v) is 18.5. The first-order chi connectivity index (χ1) is 32.5. The van der Waals surface area contributed by atoms with E-state index in [1.807, 2.05) is 0 Å². The molecule has 0 rings (SSSR count). The van der Waals surface area contributed by atoms with E-state index in [0.29, 0.717) is 19.3 Å². The third kappa shape index (κ3) is 51.8. The van der Waals surface area contributed by atoms with Crippen LogP contribution in [0.25, 0.3) is 0 Å². The summed E-state index contributed by atoms with van der Waals surface area (Å²) < 4.78 is 16.8. The van der Waals surface area contributed by atoms with E-state index in [1.54, 1.807) is 0 Å². The largest absolute Gasteiger partial charge is 0.462 e. The average molecular weight is 921 g/mol. The molecule has 0 aromatic heterocycles. The normalized spacial score (nSPS) is 12.6. The Balaban J connectivity index is 4.40. The second-order valence-electron chi connectivity index (χ2n) is 18.5. The van der Waals surface area contributed by atoms with Crippen molar-refractivity contribution in [2.45, 2.75) is 277 Å². The average Bonchev–Trinajstić information content (AvgIpc) is 3.31. The summed E-state index contributed by atoms with van der Waals surface area (Å²) in [7, 11) is 0. The first-order valence-corrected chi connectivity index (χ1v) is 27.9. The monoisotopic (exact) mass is 921 g/mol. The number of allylic oxidation sites excluding steroid dienone is 12. The summed E-state index contributed by atoms with van der Waals surface area (Å²) in [5.41, 5.74) is 0. The summed E-state index contributed by atoms with van der Waals surface area (Å²) in [6.45, 7) is 6.48. The number of esters is 3. The minimum atomic E-state index is -0.785. The van der Waals surface area contributed by atoms with Crippen molar-refractivity contribution in [1.29, 1.82) is 0 Å². The molecule has 0 fully saturated rings. The molecule has 0 bridgehead atoms. The maximum Gasteiger partial charge on any atom is 0.306 e. The van der Waals surface area contributed by atoms with Gasteiger partial charge in [0.15, 0.2) is 6.10 Å². The van der Waals surface area contributed by atoms with Crippen LogP contribution in [0.2, 0.25) is 0 Å². The van der Waals surface area contributed by atoms with Crippen molar-refractivity contribution in [2.75, 3.05) is 13.2 Å². The van der Waals surface area contributed by atoms with Gasteiger partial charge in [0, 0.05) is 19.3 Å². The van der Waals surface area contributed by atoms with Crippen LogP contribution in [0.5, 0.6) is 0 Å². The van der Waals surface area contributed by atoms with Crippen molar-refractivity contribution in [1.82, 2.24) is 0 Å². The predicted molar refractivity (Wildman–Crippen MR) is 284 cm³/mol. The number of hydrogen-bond donors (Lipinski definition) is 0. The topological polar surface area (TPSA) is 78.9 Å². The molecule has 0 aliphatic rings. The maximum atomic E-state index is 12.8. The molecule has 6 heteroatoms. The van der Waals surface area contributed by atoms with Crippen molar-refractivity contribution in [3.05, 3.63) is 72.9 Å². The van der Waals surface area contributed by atoms with Gasteiger partial charge in [-0.15, -0.1) is 0 Å². The highest BCUT2D eigenvalue weighted by molar-refractivity contribution is 5.71. The van der Waals surface area contributed by atoms with Gasteiger partial charge in [-0.05, 0) is 83.5 Å². The summed E-state index contributed by atoms with van der Waals surface area (Å²) >= 11 is 0. The molecule has 6 nitrogen and oxygen atoms in total. The van der Waals surface area contributed by atoms with Crippen LogP contribution in [0.4, 0.5) is 0 Å². The van der Waals surface area contributed by atoms with Crippen LogP contribution in [-0.4, -0.2) is 37.2 Å². The molecule has 0 aromatic rings. The zero-order valence-corrected chi connectivity index (χ0v) is 43.4. The number of hydrogen-bond acceptors (Lipinski definition) is 6. The first kappa shape index (κ1) is 62.8. The molecule has 1 unspecified atom stereocenters. The minimum absolute atomic E-state index is 0.0856. The van der Waals surface area contributed by atoms with E-state index < -0.39 is 6.10 Å². The Morgan fingerprint density at radius 1 is 0.318 bits per heavy atom.